The number of hydrogen-bond donors (Lipinski definition) is 1. The monoisotopic (exact) mass is 275 g/mol. The second-order valence-electron chi connectivity index (χ2n) is 4.53. The predicted octanol–water partition coefficient (Wildman–Crippen LogP) is 3.19. The molecule has 0 spiro atoms. The minimum Gasteiger partial charge on any atom is -0.493 e. The zero-order valence-corrected chi connectivity index (χ0v) is 12.2. The van der Waals surface area contributed by atoms with Crippen molar-refractivity contribution in [1.29, 1.82) is 0 Å². The zero-order chi connectivity index (χ0) is 14.4. The van der Waals surface area contributed by atoms with Gasteiger partial charge < -0.3 is 19.2 Å². The molecule has 0 aliphatic carbocycles. The van der Waals surface area contributed by atoms with E-state index >= 15 is 0 Å². The van der Waals surface area contributed by atoms with Crippen molar-refractivity contribution in [3.05, 3.63) is 47.9 Å². The maximum absolute atomic E-state index is 5.53. The van der Waals surface area contributed by atoms with Gasteiger partial charge in [-0.25, -0.2) is 0 Å². The van der Waals surface area contributed by atoms with Gasteiger partial charge >= 0.3 is 0 Å². The van der Waals surface area contributed by atoms with Crippen molar-refractivity contribution in [1.82, 2.24) is 5.32 Å². The molecular weight excluding hydrogens is 254 g/mol. The molecule has 0 amide bonds. The molecule has 4 heteroatoms. The minimum absolute atomic E-state index is 0.155. The summed E-state index contributed by atoms with van der Waals surface area (Å²) >= 11 is 0. The summed E-state index contributed by atoms with van der Waals surface area (Å²) in [6.45, 7) is 2.97. The highest BCUT2D eigenvalue weighted by molar-refractivity contribution is 5.48. The summed E-state index contributed by atoms with van der Waals surface area (Å²) in [5, 5.41) is 3.49. The van der Waals surface area contributed by atoms with Crippen LogP contribution in [0.5, 0.6) is 11.5 Å². The highest BCUT2D eigenvalue weighted by Gasteiger charge is 2.19. The molecule has 0 saturated carbocycles. The van der Waals surface area contributed by atoms with Gasteiger partial charge in [0.2, 0.25) is 0 Å². The molecule has 1 aromatic carbocycles. The van der Waals surface area contributed by atoms with Gasteiger partial charge in [0, 0.05) is 11.6 Å². The second-order valence-corrected chi connectivity index (χ2v) is 4.53. The Balaban J connectivity index is 2.33. The number of benzene rings is 1. The Kier molecular flexibility index (Phi) is 5.07. The van der Waals surface area contributed by atoms with Gasteiger partial charge in [-0.05, 0) is 30.7 Å². The first-order valence-corrected chi connectivity index (χ1v) is 6.75. The largest absolute Gasteiger partial charge is 0.493 e. The number of para-hydroxylation sites is 1. The van der Waals surface area contributed by atoms with Gasteiger partial charge in [-0.1, -0.05) is 19.1 Å². The molecule has 1 unspecified atom stereocenters. The molecule has 0 radical (unpaired) electrons. The Morgan fingerprint density at radius 3 is 2.65 bits per heavy atom. The van der Waals surface area contributed by atoms with E-state index in [1.54, 1.807) is 26.7 Å². The fourth-order valence-corrected chi connectivity index (χ4v) is 2.37. The highest BCUT2D eigenvalue weighted by Crippen LogP contribution is 2.35. The smallest absolute Gasteiger partial charge is 0.165 e. The summed E-state index contributed by atoms with van der Waals surface area (Å²) in [5.41, 5.74) is 2.25. The molecule has 1 N–H and O–H groups in total. The van der Waals surface area contributed by atoms with E-state index in [9.17, 15) is 0 Å². The molecule has 0 bridgehead atoms. The van der Waals surface area contributed by atoms with Crippen LogP contribution in [0, 0.1) is 0 Å². The molecular formula is C16H21NO3. The standard InChI is InChI=1S/C16H21NO3/c1-4-17-14(10-12-8-9-20-11-12)13-6-5-7-15(18-2)16(13)19-3/h5-9,11,14,17H,4,10H2,1-3H3. The van der Waals surface area contributed by atoms with E-state index < -0.39 is 0 Å². The zero-order valence-electron chi connectivity index (χ0n) is 12.2. The van der Waals surface area contributed by atoms with E-state index in [1.165, 1.54) is 0 Å². The van der Waals surface area contributed by atoms with Crippen molar-refractivity contribution >= 4 is 0 Å². The molecule has 2 aromatic rings. The minimum atomic E-state index is 0.155. The maximum atomic E-state index is 5.53. The van der Waals surface area contributed by atoms with Crippen LogP contribution in [0.3, 0.4) is 0 Å². The Bertz CT molecular complexity index is 523. The quantitative estimate of drug-likeness (QED) is 0.842. The van der Waals surface area contributed by atoms with Crippen molar-refractivity contribution in [2.75, 3.05) is 20.8 Å². The maximum Gasteiger partial charge on any atom is 0.165 e. The van der Waals surface area contributed by atoms with Crippen molar-refractivity contribution in [3.63, 3.8) is 0 Å². The number of rotatable bonds is 7. The van der Waals surface area contributed by atoms with E-state index in [1.807, 2.05) is 18.2 Å². The summed E-state index contributed by atoms with van der Waals surface area (Å²) in [5.74, 6) is 1.53. The number of furan rings is 1. The van der Waals surface area contributed by atoms with Gasteiger partial charge in [0.05, 0.1) is 26.7 Å². The van der Waals surface area contributed by atoms with Crippen molar-refractivity contribution in [2.24, 2.45) is 0 Å². The van der Waals surface area contributed by atoms with Crippen LogP contribution < -0.4 is 14.8 Å². The molecule has 0 aliphatic rings. The normalized spacial score (nSPS) is 12.2. The third-order valence-corrected chi connectivity index (χ3v) is 3.28. The molecule has 108 valence electrons. The third kappa shape index (κ3) is 3.14. The lowest BCUT2D eigenvalue weighted by Crippen LogP contribution is -2.23. The summed E-state index contributed by atoms with van der Waals surface area (Å²) in [7, 11) is 3.32. The molecule has 1 aromatic heterocycles. The van der Waals surface area contributed by atoms with Crippen LogP contribution in [0.1, 0.15) is 24.1 Å². The van der Waals surface area contributed by atoms with Gasteiger partial charge in [-0.3, -0.25) is 0 Å². The van der Waals surface area contributed by atoms with Crippen molar-refractivity contribution < 1.29 is 13.9 Å². The molecule has 2 rings (SSSR count). The SMILES string of the molecule is CCNC(Cc1ccoc1)c1cccc(OC)c1OC. The van der Waals surface area contributed by atoms with Crippen LogP contribution in [0.15, 0.2) is 41.2 Å². The number of methoxy groups -OCH3 is 2. The highest BCUT2D eigenvalue weighted by atomic mass is 16.5. The summed E-state index contributed by atoms with van der Waals surface area (Å²) in [6.07, 6.45) is 4.31. The van der Waals surface area contributed by atoms with Gasteiger partial charge in [-0.15, -0.1) is 0 Å². The number of hydrogen-bond acceptors (Lipinski definition) is 4. The first-order valence-electron chi connectivity index (χ1n) is 6.75. The first-order chi connectivity index (χ1) is 9.80. The Labute approximate surface area is 119 Å². The Hall–Kier alpha value is -1.94. The second kappa shape index (κ2) is 7.01. The fraction of sp³-hybridized carbons (Fsp3) is 0.375. The van der Waals surface area contributed by atoms with Gasteiger partial charge in [0.15, 0.2) is 11.5 Å². The molecule has 1 heterocycles. The van der Waals surface area contributed by atoms with Crippen molar-refractivity contribution in [2.45, 2.75) is 19.4 Å². The molecule has 4 nitrogen and oxygen atoms in total. The van der Waals surface area contributed by atoms with Gasteiger partial charge in [0.25, 0.3) is 0 Å². The van der Waals surface area contributed by atoms with Crippen molar-refractivity contribution in [3.8, 4) is 11.5 Å². The molecule has 0 aliphatic heterocycles. The van der Waals surface area contributed by atoms with E-state index in [0.717, 1.165) is 35.6 Å². The Morgan fingerprint density at radius 2 is 2.05 bits per heavy atom. The molecule has 1 atom stereocenters. The predicted molar refractivity (Wildman–Crippen MR) is 78.4 cm³/mol. The summed E-state index contributed by atoms with van der Waals surface area (Å²) in [6, 6.07) is 8.09. The van der Waals surface area contributed by atoms with Gasteiger partial charge in [-0.2, -0.15) is 0 Å². The van der Waals surface area contributed by atoms with E-state index in [2.05, 4.69) is 18.3 Å². The van der Waals surface area contributed by atoms with Crippen LogP contribution in [-0.4, -0.2) is 20.8 Å². The number of likely N-dealkylation sites (N-methyl/N-ethyl adjacent to an activating group) is 1. The van der Waals surface area contributed by atoms with E-state index in [0.29, 0.717) is 0 Å². The lowest BCUT2D eigenvalue weighted by atomic mass is 9.99. The van der Waals surface area contributed by atoms with Crippen LogP contribution in [0.2, 0.25) is 0 Å². The first kappa shape index (κ1) is 14.5. The van der Waals surface area contributed by atoms with E-state index in [-0.39, 0.29) is 6.04 Å². The lowest BCUT2D eigenvalue weighted by Gasteiger charge is -2.21. The average Bonchev–Trinajstić information content (AvgIpc) is 2.98. The number of nitrogens with one attached hydrogen (secondary N) is 1. The van der Waals surface area contributed by atoms with Crippen LogP contribution in [-0.2, 0) is 6.42 Å². The Morgan fingerprint density at radius 1 is 1.20 bits per heavy atom. The molecule has 0 fully saturated rings. The number of ether oxygens (including phenoxy) is 2. The fourth-order valence-electron chi connectivity index (χ4n) is 2.37. The van der Waals surface area contributed by atoms with Gasteiger partial charge in [0.1, 0.15) is 0 Å². The lowest BCUT2D eigenvalue weighted by molar-refractivity contribution is 0.346. The third-order valence-electron chi connectivity index (χ3n) is 3.28. The summed E-state index contributed by atoms with van der Waals surface area (Å²) in [4.78, 5) is 0. The average molecular weight is 275 g/mol. The van der Waals surface area contributed by atoms with E-state index in [4.69, 9.17) is 13.9 Å². The summed E-state index contributed by atoms with van der Waals surface area (Å²) < 4.78 is 16.0. The van der Waals surface area contributed by atoms with Crippen LogP contribution >= 0.6 is 0 Å². The van der Waals surface area contributed by atoms with Crippen LogP contribution in [0.4, 0.5) is 0 Å². The molecule has 20 heavy (non-hydrogen) atoms. The van der Waals surface area contributed by atoms with Crippen LogP contribution in [0.25, 0.3) is 0 Å². The topological polar surface area (TPSA) is 43.6 Å². The molecule has 0 saturated heterocycles.